The molecule has 0 radical (unpaired) electrons. The van der Waals surface area contributed by atoms with Crippen LogP contribution in [0.5, 0.6) is 0 Å². The van der Waals surface area contributed by atoms with E-state index in [0.29, 0.717) is 13.1 Å². The van der Waals surface area contributed by atoms with E-state index < -0.39 is 4.92 Å². The Morgan fingerprint density at radius 1 is 1.47 bits per heavy atom. The predicted molar refractivity (Wildman–Crippen MR) is 63.5 cm³/mol. The number of rotatable bonds is 2. The summed E-state index contributed by atoms with van der Waals surface area (Å²) in [5, 5.41) is 13.8. The number of hydrogen-bond donors (Lipinski definition) is 1. The van der Waals surface area contributed by atoms with Gasteiger partial charge in [0.2, 0.25) is 0 Å². The highest BCUT2D eigenvalue weighted by atomic mass is 35.5. The molecule has 90 valence electrons. The molecule has 1 fully saturated rings. The van der Waals surface area contributed by atoms with Crippen molar-refractivity contribution in [1.82, 2.24) is 5.32 Å². The summed E-state index contributed by atoms with van der Waals surface area (Å²) >= 11 is 5.71. The Hall–Kier alpha value is -1.82. The standard InChI is InChI=1S/C10H10ClN3O3/c11-7-2-3-8(9(6-7)14(16)17)13-5-1-4-12-10(13)15/h2-3,6H,1,4-5H2,(H,12,15). The second kappa shape index (κ2) is 4.58. The van der Waals surface area contributed by atoms with Gasteiger partial charge in [0.1, 0.15) is 5.69 Å². The first kappa shape index (κ1) is 11.7. The van der Waals surface area contributed by atoms with Gasteiger partial charge in [0.25, 0.3) is 5.69 Å². The zero-order valence-electron chi connectivity index (χ0n) is 8.85. The number of hydrogen-bond acceptors (Lipinski definition) is 3. The highest BCUT2D eigenvalue weighted by Crippen LogP contribution is 2.31. The van der Waals surface area contributed by atoms with Crippen LogP contribution < -0.4 is 10.2 Å². The van der Waals surface area contributed by atoms with Crippen LogP contribution in [0.15, 0.2) is 18.2 Å². The molecule has 6 nitrogen and oxygen atoms in total. The van der Waals surface area contributed by atoms with E-state index in [4.69, 9.17) is 11.6 Å². The smallest absolute Gasteiger partial charge is 0.322 e. The zero-order valence-corrected chi connectivity index (χ0v) is 9.61. The maximum Gasteiger partial charge on any atom is 0.322 e. The lowest BCUT2D eigenvalue weighted by atomic mass is 10.2. The van der Waals surface area contributed by atoms with E-state index in [1.54, 1.807) is 0 Å². The molecule has 1 N–H and O–H groups in total. The fraction of sp³-hybridized carbons (Fsp3) is 0.300. The maximum atomic E-state index is 11.6. The van der Waals surface area contributed by atoms with Crippen molar-refractivity contribution >= 4 is 29.0 Å². The van der Waals surface area contributed by atoms with Crippen LogP contribution in [-0.4, -0.2) is 24.0 Å². The average Bonchev–Trinajstić information content (AvgIpc) is 2.30. The lowest BCUT2D eigenvalue weighted by Crippen LogP contribution is -2.46. The minimum absolute atomic E-state index is 0.158. The van der Waals surface area contributed by atoms with Gasteiger partial charge in [0.15, 0.2) is 0 Å². The Balaban J connectivity index is 2.43. The van der Waals surface area contributed by atoms with Gasteiger partial charge in [-0.25, -0.2) is 4.79 Å². The predicted octanol–water partition coefficient (Wildman–Crippen LogP) is 2.17. The summed E-state index contributed by atoms with van der Waals surface area (Å²) in [5.74, 6) is 0. The van der Waals surface area contributed by atoms with Crippen LogP contribution in [0.3, 0.4) is 0 Å². The van der Waals surface area contributed by atoms with Crippen LogP contribution in [0.2, 0.25) is 5.02 Å². The van der Waals surface area contributed by atoms with Crippen LogP contribution in [0.25, 0.3) is 0 Å². The molecule has 0 atom stereocenters. The van der Waals surface area contributed by atoms with E-state index in [1.807, 2.05) is 0 Å². The van der Waals surface area contributed by atoms with E-state index in [-0.39, 0.29) is 22.4 Å². The van der Waals surface area contributed by atoms with Crippen LogP contribution >= 0.6 is 11.6 Å². The van der Waals surface area contributed by atoms with E-state index in [1.165, 1.54) is 23.1 Å². The summed E-state index contributed by atoms with van der Waals surface area (Å²) in [7, 11) is 0. The number of urea groups is 1. The van der Waals surface area contributed by atoms with Crippen LogP contribution in [0, 0.1) is 10.1 Å². The molecular formula is C10H10ClN3O3. The molecule has 0 spiro atoms. The van der Waals surface area contributed by atoms with Gasteiger partial charge < -0.3 is 5.32 Å². The second-order valence-corrected chi connectivity index (χ2v) is 4.06. The molecule has 7 heteroatoms. The molecular weight excluding hydrogens is 246 g/mol. The lowest BCUT2D eigenvalue weighted by Gasteiger charge is -2.27. The van der Waals surface area contributed by atoms with Crippen molar-refractivity contribution < 1.29 is 9.72 Å². The Morgan fingerprint density at radius 2 is 2.24 bits per heavy atom. The monoisotopic (exact) mass is 255 g/mol. The SMILES string of the molecule is O=C1NCCCN1c1ccc(Cl)cc1[N+](=O)[O-]. The quantitative estimate of drug-likeness (QED) is 0.650. The minimum Gasteiger partial charge on any atom is -0.338 e. The number of benzene rings is 1. The number of nitrogens with zero attached hydrogens (tertiary/aromatic N) is 2. The number of nitro groups is 1. The van der Waals surface area contributed by atoms with Gasteiger partial charge in [-0.1, -0.05) is 11.6 Å². The van der Waals surface area contributed by atoms with Crippen molar-refractivity contribution in [3.8, 4) is 0 Å². The summed E-state index contributed by atoms with van der Waals surface area (Å²) in [6, 6.07) is 3.96. The van der Waals surface area contributed by atoms with Gasteiger partial charge in [-0.15, -0.1) is 0 Å². The first-order valence-electron chi connectivity index (χ1n) is 5.09. The van der Waals surface area contributed by atoms with E-state index in [2.05, 4.69) is 5.32 Å². The van der Waals surface area contributed by atoms with Crippen molar-refractivity contribution in [3.63, 3.8) is 0 Å². The molecule has 0 saturated carbocycles. The molecule has 1 aromatic carbocycles. The van der Waals surface area contributed by atoms with Crippen molar-refractivity contribution in [2.75, 3.05) is 18.0 Å². The number of nitro benzene ring substituents is 1. The van der Waals surface area contributed by atoms with Crippen molar-refractivity contribution in [1.29, 1.82) is 0 Å². The highest BCUT2D eigenvalue weighted by Gasteiger charge is 2.26. The number of nitrogens with one attached hydrogen (secondary N) is 1. The summed E-state index contributed by atoms with van der Waals surface area (Å²) in [5.41, 5.74) is 0.117. The molecule has 0 bridgehead atoms. The van der Waals surface area contributed by atoms with Crippen molar-refractivity contribution in [2.45, 2.75) is 6.42 Å². The molecule has 1 heterocycles. The van der Waals surface area contributed by atoms with Gasteiger partial charge >= 0.3 is 6.03 Å². The van der Waals surface area contributed by atoms with Gasteiger partial charge in [0, 0.05) is 24.2 Å². The molecule has 2 rings (SSSR count). The number of carbonyl (C=O) groups is 1. The molecule has 2 amide bonds. The Labute approximate surface area is 102 Å². The Kier molecular flexibility index (Phi) is 3.14. The van der Waals surface area contributed by atoms with E-state index >= 15 is 0 Å². The van der Waals surface area contributed by atoms with E-state index in [9.17, 15) is 14.9 Å². The summed E-state index contributed by atoms with van der Waals surface area (Å²) in [6.07, 6.45) is 0.755. The molecule has 1 saturated heterocycles. The lowest BCUT2D eigenvalue weighted by molar-refractivity contribution is -0.384. The Morgan fingerprint density at radius 3 is 2.88 bits per heavy atom. The van der Waals surface area contributed by atoms with Gasteiger partial charge in [-0.05, 0) is 18.6 Å². The number of amides is 2. The first-order chi connectivity index (χ1) is 8.09. The molecule has 1 aliphatic heterocycles. The molecule has 1 aromatic rings. The minimum atomic E-state index is -0.539. The van der Waals surface area contributed by atoms with Gasteiger partial charge in [0.05, 0.1) is 4.92 Å². The van der Waals surface area contributed by atoms with Crippen LogP contribution in [0.1, 0.15) is 6.42 Å². The molecule has 0 aromatic heterocycles. The topological polar surface area (TPSA) is 75.5 Å². The number of carbonyl (C=O) groups excluding carboxylic acids is 1. The summed E-state index contributed by atoms with van der Waals surface area (Å²) in [4.78, 5) is 23.3. The molecule has 0 aliphatic carbocycles. The average molecular weight is 256 g/mol. The molecule has 0 unspecified atom stereocenters. The van der Waals surface area contributed by atoms with Crippen LogP contribution in [0.4, 0.5) is 16.2 Å². The van der Waals surface area contributed by atoms with Gasteiger partial charge in [-0.3, -0.25) is 15.0 Å². The normalized spacial score (nSPS) is 15.6. The highest BCUT2D eigenvalue weighted by molar-refractivity contribution is 6.31. The third-order valence-corrected chi connectivity index (χ3v) is 2.74. The molecule has 1 aliphatic rings. The summed E-state index contributed by atoms with van der Waals surface area (Å²) in [6.45, 7) is 1.06. The number of halogens is 1. The summed E-state index contributed by atoms with van der Waals surface area (Å²) < 4.78 is 0. The number of anilines is 1. The third-order valence-electron chi connectivity index (χ3n) is 2.50. The van der Waals surface area contributed by atoms with Crippen molar-refractivity contribution in [2.24, 2.45) is 0 Å². The van der Waals surface area contributed by atoms with Crippen LogP contribution in [-0.2, 0) is 0 Å². The zero-order chi connectivity index (χ0) is 12.4. The fourth-order valence-corrected chi connectivity index (χ4v) is 1.90. The maximum absolute atomic E-state index is 11.6. The Bertz CT molecular complexity index is 478. The first-order valence-corrected chi connectivity index (χ1v) is 5.46. The van der Waals surface area contributed by atoms with E-state index in [0.717, 1.165) is 6.42 Å². The third kappa shape index (κ3) is 2.31. The van der Waals surface area contributed by atoms with Gasteiger partial charge in [-0.2, -0.15) is 0 Å². The largest absolute Gasteiger partial charge is 0.338 e. The van der Waals surface area contributed by atoms with Crippen molar-refractivity contribution in [3.05, 3.63) is 33.3 Å². The fourth-order valence-electron chi connectivity index (χ4n) is 1.73. The second-order valence-electron chi connectivity index (χ2n) is 3.63. The molecule has 17 heavy (non-hydrogen) atoms.